The minimum Gasteiger partial charge on any atom is -0.298 e. The summed E-state index contributed by atoms with van der Waals surface area (Å²) >= 11 is 0. The summed E-state index contributed by atoms with van der Waals surface area (Å²) in [6, 6.07) is 0.575. The zero-order chi connectivity index (χ0) is 8.39. The van der Waals surface area contributed by atoms with Gasteiger partial charge in [0.05, 0.1) is 6.10 Å². The molecule has 2 fully saturated rings. The van der Waals surface area contributed by atoms with Crippen LogP contribution in [0.15, 0.2) is 0 Å². The normalized spacial score (nSPS) is 27.8. The average Bonchev–Trinajstić information content (AvgIpc) is 2.80. The van der Waals surface area contributed by atoms with E-state index in [2.05, 4.69) is 12.4 Å². The van der Waals surface area contributed by atoms with Crippen LogP contribution in [0.1, 0.15) is 45.4 Å². The highest BCUT2D eigenvalue weighted by Crippen LogP contribution is 2.32. The second kappa shape index (κ2) is 3.75. The van der Waals surface area contributed by atoms with Crippen LogP contribution >= 0.6 is 0 Å². The van der Waals surface area contributed by atoms with Gasteiger partial charge in [0.1, 0.15) is 0 Å². The third-order valence-electron chi connectivity index (χ3n) is 3.05. The Balaban J connectivity index is 1.60. The number of hydrogen-bond donors (Lipinski definition) is 1. The highest BCUT2D eigenvalue weighted by Gasteiger charge is 2.28. The third kappa shape index (κ3) is 2.20. The molecule has 1 unspecified atom stereocenters. The summed E-state index contributed by atoms with van der Waals surface area (Å²) in [5, 5.41) is 0. The number of hydroxylamine groups is 1. The fourth-order valence-corrected chi connectivity index (χ4v) is 1.90. The number of rotatable bonds is 4. The van der Waals surface area contributed by atoms with Gasteiger partial charge in [0.15, 0.2) is 0 Å². The van der Waals surface area contributed by atoms with E-state index in [4.69, 9.17) is 4.84 Å². The molecule has 0 spiro atoms. The summed E-state index contributed by atoms with van der Waals surface area (Å²) in [7, 11) is 0. The zero-order valence-corrected chi connectivity index (χ0v) is 7.88. The maximum Gasteiger partial charge on any atom is 0.0790 e. The maximum atomic E-state index is 5.62. The lowest BCUT2D eigenvalue weighted by atomic mass is 10.2. The van der Waals surface area contributed by atoms with Crippen LogP contribution in [0.25, 0.3) is 0 Å². The van der Waals surface area contributed by atoms with Crippen molar-refractivity contribution in [2.24, 2.45) is 5.92 Å². The minimum absolute atomic E-state index is 0.506. The van der Waals surface area contributed by atoms with E-state index in [9.17, 15) is 0 Å². The quantitative estimate of drug-likeness (QED) is 0.652. The molecular weight excluding hydrogens is 150 g/mol. The predicted molar refractivity (Wildman–Crippen MR) is 48.7 cm³/mol. The zero-order valence-electron chi connectivity index (χ0n) is 7.88. The molecule has 2 aliphatic rings. The first-order valence-corrected chi connectivity index (χ1v) is 5.27. The van der Waals surface area contributed by atoms with Gasteiger partial charge in [-0.1, -0.05) is 12.8 Å². The highest BCUT2D eigenvalue weighted by atomic mass is 16.7. The first-order chi connectivity index (χ1) is 5.86. The summed E-state index contributed by atoms with van der Waals surface area (Å²) in [5.74, 6) is 0.895. The lowest BCUT2D eigenvalue weighted by Crippen LogP contribution is -2.31. The number of hydrogen-bond acceptors (Lipinski definition) is 2. The van der Waals surface area contributed by atoms with Gasteiger partial charge in [-0.05, 0) is 38.5 Å². The molecule has 0 radical (unpaired) electrons. The maximum absolute atomic E-state index is 5.62. The SMILES string of the molecule is CC(NOC1CCCC1)C1CC1. The number of nitrogens with one attached hydrogen (secondary N) is 1. The minimum atomic E-state index is 0.506. The van der Waals surface area contributed by atoms with Crippen LogP contribution in [0, 0.1) is 5.92 Å². The lowest BCUT2D eigenvalue weighted by Gasteiger charge is -2.16. The van der Waals surface area contributed by atoms with Gasteiger partial charge in [0.25, 0.3) is 0 Å². The van der Waals surface area contributed by atoms with Crippen LogP contribution < -0.4 is 5.48 Å². The molecule has 2 aliphatic carbocycles. The van der Waals surface area contributed by atoms with Crippen LogP contribution in [-0.2, 0) is 4.84 Å². The molecule has 2 rings (SSSR count). The molecule has 0 aliphatic heterocycles. The van der Waals surface area contributed by atoms with E-state index in [-0.39, 0.29) is 0 Å². The van der Waals surface area contributed by atoms with Crippen molar-refractivity contribution < 1.29 is 4.84 Å². The second-order valence-corrected chi connectivity index (χ2v) is 4.27. The molecule has 2 saturated carbocycles. The van der Waals surface area contributed by atoms with Crippen molar-refractivity contribution >= 4 is 0 Å². The molecule has 0 amide bonds. The molecule has 1 atom stereocenters. The molecule has 0 saturated heterocycles. The standard InChI is InChI=1S/C10H19NO/c1-8(9-6-7-9)11-12-10-4-2-3-5-10/h8-11H,2-7H2,1H3. The van der Waals surface area contributed by atoms with Gasteiger partial charge in [-0.2, -0.15) is 5.48 Å². The Labute approximate surface area is 74.6 Å². The van der Waals surface area contributed by atoms with E-state index < -0.39 is 0 Å². The summed E-state index contributed by atoms with van der Waals surface area (Å²) < 4.78 is 0. The Morgan fingerprint density at radius 1 is 1.17 bits per heavy atom. The van der Waals surface area contributed by atoms with Gasteiger partial charge in [-0.3, -0.25) is 4.84 Å². The molecule has 2 heteroatoms. The van der Waals surface area contributed by atoms with Gasteiger partial charge in [-0.25, -0.2) is 0 Å². The van der Waals surface area contributed by atoms with Crippen molar-refractivity contribution in [2.45, 2.75) is 57.6 Å². The fourth-order valence-electron chi connectivity index (χ4n) is 1.90. The van der Waals surface area contributed by atoms with Crippen molar-refractivity contribution in [3.8, 4) is 0 Å². The first-order valence-electron chi connectivity index (χ1n) is 5.27. The molecule has 0 aromatic rings. The summed E-state index contributed by atoms with van der Waals surface area (Å²) in [6.45, 7) is 2.23. The monoisotopic (exact) mass is 169 g/mol. The Hall–Kier alpha value is -0.0800. The van der Waals surface area contributed by atoms with Crippen LogP contribution in [-0.4, -0.2) is 12.1 Å². The summed E-state index contributed by atoms with van der Waals surface area (Å²) in [4.78, 5) is 5.62. The van der Waals surface area contributed by atoms with Crippen molar-refractivity contribution in [1.29, 1.82) is 0 Å². The summed E-state index contributed by atoms with van der Waals surface area (Å²) in [6.07, 6.45) is 8.50. The third-order valence-corrected chi connectivity index (χ3v) is 3.05. The van der Waals surface area contributed by atoms with Crippen molar-refractivity contribution in [1.82, 2.24) is 5.48 Å². The van der Waals surface area contributed by atoms with E-state index >= 15 is 0 Å². The molecule has 0 aromatic heterocycles. The van der Waals surface area contributed by atoms with Crippen LogP contribution in [0.3, 0.4) is 0 Å². The molecule has 0 aromatic carbocycles. The predicted octanol–water partition coefficient (Wildman–Crippen LogP) is 2.25. The smallest absolute Gasteiger partial charge is 0.0790 e. The Bertz CT molecular complexity index is 137. The van der Waals surface area contributed by atoms with Crippen molar-refractivity contribution in [2.75, 3.05) is 0 Å². The molecule has 1 N–H and O–H groups in total. The molecule has 12 heavy (non-hydrogen) atoms. The van der Waals surface area contributed by atoms with E-state index in [1.54, 1.807) is 0 Å². The molecule has 2 nitrogen and oxygen atoms in total. The first kappa shape index (κ1) is 8.52. The lowest BCUT2D eigenvalue weighted by molar-refractivity contribution is -0.0405. The Morgan fingerprint density at radius 2 is 1.83 bits per heavy atom. The second-order valence-electron chi connectivity index (χ2n) is 4.27. The van der Waals surface area contributed by atoms with Gasteiger partial charge >= 0.3 is 0 Å². The van der Waals surface area contributed by atoms with E-state index in [0.29, 0.717) is 12.1 Å². The van der Waals surface area contributed by atoms with E-state index in [1.165, 1.54) is 38.5 Å². The van der Waals surface area contributed by atoms with Crippen molar-refractivity contribution in [3.63, 3.8) is 0 Å². The van der Waals surface area contributed by atoms with Crippen LogP contribution in [0.2, 0.25) is 0 Å². The summed E-state index contributed by atoms with van der Waals surface area (Å²) in [5.41, 5.74) is 3.19. The van der Waals surface area contributed by atoms with Gasteiger partial charge in [-0.15, -0.1) is 0 Å². The van der Waals surface area contributed by atoms with Gasteiger partial charge in [0.2, 0.25) is 0 Å². The molecule has 0 heterocycles. The largest absolute Gasteiger partial charge is 0.298 e. The Morgan fingerprint density at radius 3 is 2.42 bits per heavy atom. The fraction of sp³-hybridized carbons (Fsp3) is 1.00. The topological polar surface area (TPSA) is 21.3 Å². The van der Waals surface area contributed by atoms with Crippen LogP contribution in [0.5, 0.6) is 0 Å². The van der Waals surface area contributed by atoms with Gasteiger partial charge < -0.3 is 0 Å². The van der Waals surface area contributed by atoms with Crippen molar-refractivity contribution in [3.05, 3.63) is 0 Å². The highest BCUT2D eigenvalue weighted by molar-refractivity contribution is 4.81. The average molecular weight is 169 g/mol. The molecular formula is C10H19NO. The van der Waals surface area contributed by atoms with Crippen LogP contribution in [0.4, 0.5) is 0 Å². The molecule has 0 bridgehead atoms. The van der Waals surface area contributed by atoms with Gasteiger partial charge in [0, 0.05) is 6.04 Å². The Kier molecular flexibility index (Phi) is 2.66. The van der Waals surface area contributed by atoms with E-state index in [1.807, 2.05) is 0 Å². The molecule has 70 valence electrons. The van der Waals surface area contributed by atoms with E-state index in [0.717, 1.165) is 5.92 Å².